The maximum atomic E-state index is 5.91. The SMILES string of the molecule is CNC(CSCc1ccc(Cl)cc1)c1ccc(C)c(C)c1. The zero-order valence-electron chi connectivity index (χ0n) is 12.8. The highest BCUT2D eigenvalue weighted by Gasteiger charge is 2.10. The number of hydrogen-bond donors (Lipinski definition) is 1. The van der Waals surface area contributed by atoms with E-state index in [9.17, 15) is 0 Å². The molecule has 2 rings (SSSR count). The molecule has 0 bridgehead atoms. The lowest BCUT2D eigenvalue weighted by Gasteiger charge is -2.17. The second kappa shape index (κ2) is 7.88. The molecule has 0 aliphatic carbocycles. The van der Waals surface area contributed by atoms with Crippen LogP contribution >= 0.6 is 23.4 Å². The molecule has 1 atom stereocenters. The second-order valence-electron chi connectivity index (χ2n) is 5.33. The van der Waals surface area contributed by atoms with Gasteiger partial charge in [-0.25, -0.2) is 0 Å². The minimum absolute atomic E-state index is 0.390. The van der Waals surface area contributed by atoms with Crippen LogP contribution in [0.5, 0.6) is 0 Å². The maximum absolute atomic E-state index is 5.91. The van der Waals surface area contributed by atoms with Crippen LogP contribution in [0, 0.1) is 13.8 Å². The Labute approximate surface area is 137 Å². The third-order valence-electron chi connectivity index (χ3n) is 3.75. The summed E-state index contributed by atoms with van der Waals surface area (Å²) >= 11 is 7.85. The Morgan fingerprint density at radius 2 is 1.76 bits per heavy atom. The van der Waals surface area contributed by atoms with Crippen LogP contribution in [0.4, 0.5) is 0 Å². The average molecular weight is 320 g/mol. The minimum Gasteiger partial charge on any atom is -0.312 e. The van der Waals surface area contributed by atoms with Gasteiger partial charge in [0.25, 0.3) is 0 Å². The van der Waals surface area contributed by atoms with Crippen molar-refractivity contribution in [3.63, 3.8) is 0 Å². The van der Waals surface area contributed by atoms with Crippen LogP contribution in [0.1, 0.15) is 28.3 Å². The van der Waals surface area contributed by atoms with Crippen molar-refractivity contribution in [2.45, 2.75) is 25.6 Å². The Morgan fingerprint density at radius 3 is 2.38 bits per heavy atom. The molecule has 0 heterocycles. The van der Waals surface area contributed by atoms with Gasteiger partial charge in [0.2, 0.25) is 0 Å². The fourth-order valence-electron chi connectivity index (χ4n) is 2.20. The van der Waals surface area contributed by atoms with Crippen LogP contribution in [0.15, 0.2) is 42.5 Å². The van der Waals surface area contributed by atoms with Crippen LogP contribution < -0.4 is 5.32 Å². The Kier molecular flexibility index (Phi) is 6.16. The van der Waals surface area contributed by atoms with Gasteiger partial charge in [0.1, 0.15) is 0 Å². The van der Waals surface area contributed by atoms with Crippen molar-refractivity contribution in [2.24, 2.45) is 0 Å². The van der Waals surface area contributed by atoms with Gasteiger partial charge in [-0.3, -0.25) is 0 Å². The molecular formula is C18H22ClNS. The molecule has 1 unspecified atom stereocenters. The fourth-order valence-corrected chi connectivity index (χ4v) is 3.47. The van der Waals surface area contributed by atoms with Crippen molar-refractivity contribution in [1.29, 1.82) is 0 Å². The molecule has 0 aliphatic heterocycles. The maximum Gasteiger partial charge on any atom is 0.0409 e. The van der Waals surface area contributed by atoms with Gasteiger partial charge in [0, 0.05) is 22.6 Å². The van der Waals surface area contributed by atoms with E-state index in [-0.39, 0.29) is 0 Å². The first-order valence-corrected chi connectivity index (χ1v) is 8.70. The van der Waals surface area contributed by atoms with Gasteiger partial charge in [0.15, 0.2) is 0 Å². The number of benzene rings is 2. The van der Waals surface area contributed by atoms with Crippen molar-refractivity contribution in [1.82, 2.24) is 5.32 Å². The van der Waals surface area contributed by atoms with Gasteiger partial charge in [0.05, 0.1) is 0 Å². The molecule has 0 saturated carbocycles. The number of thioether (sulfide) groups is 1. The van der Waals surface area contributed by atoms with Crippen LogP contribution in [0.2, 0.25) is 5.02 Å². The van der Waals surface area contributed by atoms with Crippen LogP contribution in [0.25, 0.3) is 0 Å². The normalized spacial score (nSPS) is 12.4. The highest BCUT2D eigenvalue weighted by Crippen LogP contribution is 2.23. The molecule has 0 aromatic heterocycles. The van der Waals surface area contributed by atoms with E-state index < -0.39 is 0 Å². The molecule has 2 aromatic rings. The zero-order chi connectivity index (χ0) is 15.2. The predicted molar refractivity (Wildman–Crippen MR) is 95.3 cm³/mol. The van der Waals surface area contributed by atoms with E-state index in [4.69, 9.17) is 11.6 Å². The third-order valence-corrected chi connectivity index (χ3v) is 5.11. The standard InChI is InChI=1S/C18H22ClNS/c1-13-4-7-16(10-14(13)2)18(20-3)12-21-11-15-5-8-17(19)9-6-15/h4-10,18,20H,11-12H2,1-3H3. The molecule has 0 fully saturated rings. The predicted octanol–water partition coefficient (Wildman–Crippen LogP) is 5.15. The van der Waals surface area contributed by atoms with Crippen LogP contribution in [-0.4, -0.2) is 12.8 Å². The van der Waals surface area contributed by atoms with Gasteiger partial charge < -0.3 is 5.32 Å². The largest absolute Gasteiger partial charge is 0.312 e. The lowest BCUT2D eigenvalue weighted by Crippen LogP contribution is -2.19. The summed E-state index contributed by atoms with van der Waals surface area (Å²) in [5.41, 5.74) is 5.39. The van der Waals surface area contributed by atoms with E-state index in [0.717, 1.165) is 16.5 Å². The molecule has 21 heavy (non-hydrogen) atoms. The van der Waals surface area contributed by atoms with Gasteiger partial charge in [-0.1, -0.05) is 41.9 Å². The van der Waals surface area contributed by atoms with E-state index in [1.165, 1.54) is 22.3 Å². The second-order valence-corrected chi connectivity index (χ2v) is 6.79. The van der Waals surface area contributed by atoms with Gasteiger partial charge in [-0.05, 0) is 55.3 Å². The van der Waals surface area contributed by atoms with E-state index in [1.807, 2.05) is 30.9 Å². The summed E-state index contributed by atoms with van der Waals surface area (Å²) in [7, 11) is 2.03. The number of aryl methyl sites for hydroxylation is 2. The topological polar surface area (TPSA) is 12.0 Å². The summed E-state index contributed by atoms with van der Waals surface area (Å²) in [5, 5.41) is 4.22. The zero-order valence-corrected chi connectivity index (χ0v) is 14.4. The molecule has 1 nitrogen and oxygen atoms in total. The molecule has 0 aliphatic rings. The first-order valence-electron chi connectivity index (χ1n) is 7.16. The molecule has 3 heteroatoms. The van der Waals surface area contributed by atoms with Crippen molar-refractivity contribution in [3.05, 3.63) is 69.7 Å². The molecule has 0 spiro atoms. The van der Waals surface area contributed by atoms with Crippen LogP contribution in [-0.2, 0) is 5.75 Å². The Hall–Kier alpha value is -0.960. The van der Waals surface area contributed by atoms with Gasteiger partial charge >= 0.3 is 0 Å². The van der Waals surface area contributed by atoms with E-state index in [2.05, 4.69) is 49.5 Å². The fraction of sp³-hybridized carbons (Fsp3) is 0.333. The monoisotopic (exact) mass is 319 g/mol. The molecule has 0 saturated heterocycles. The summed E-state index contributed by atoms with van der Waals surface area (Å²) in [5.74, 6) is 2.07. The first kappa shape index (κ1) is 16.4. The van der Waals surface area contributed by atoms with Crippen molar-refractivity contribution >= 4 is 23.4 Å². The molecular weight excluding hydrogens is 298 g/mol. The van der Waals surface area contributed by atoms with Gasteiger partial charge in [-0.15, -0.1) is 0 Å². The number of nitrogens with one attached hydrogen (secondary N) is 1. The van der Waals surface area contributed by atoms with Gasteiger partial charge in [-0.2, -0.15) is 11.8 Å². The molecule has 112 valence electrons. The average Bonchev–Trinajstić information content (AvgIpc) is 2.49. The van der Waals surface area contributed by atoms with Crippen molar-refractivity contribution < 1.29 is 0 Å². The summed E-state index contributed by atoms with van der Waals surface area (Å²) in [4.78, 5) is 0. The molecule has 2 aromatic carbocycles. The lowest BCUT2D eigenvalue weighted by molar-refractivity contribution is 0.661. The van der Waals surface area contributed by atoms with Crippen molar-refractivity contribution in [3.8, 4) is 0 Å². The Morgan fingerprint density at radius 1 is 1.05 bits per heavy atom. The lowest BCUT2D eigenvalue weighted by atomic mass is 10.0. The molecule has 1 N–H and O–H groups in total. The number of hydrogen-bond acceptors (Lipinski definition) is 2. The Balaban J connectivity index is 1.93. The molecule has 0 radical (unpaired) electrons. The van der Waals surface area contributed by atoms with E-state index in [0.29, 0.717) is 6.04 Å². The highest BCUT2D eigenvalue weighted by atomic mass is 35.5. The van der Waals surface area contributed by atoms with Crippen molar-refractivity contribution in [2.75, 3.05) is 12.8 Å². The summed E-state index contributed by atoms with van der Waals surface area (Å²) in [6.45, 7) is 4.33. The summed E-state index contributed by atoms with van der Waals surface area (Å²) < 4.78 is 0. The Bertz CT molecular complexity index is 580. The minimum atomic E-state index is 0.390. The van der Waals surface area contributed by atoms with Crippen LogP contribution in [0.3, 0.4) is 0 Å². The summed E-state index contributed by atoms with van der Waals surface area (Å²) in [6.07, 6.45) is 0. The van der Waals surface area contributed by atoms with E-state index >= 15 is 0 Å². The third kappa shape index (κ3) is 4.77. The smallest absolute Gasteiger partial charge is 0.0409 e. The summed E-state index contributed by atoms with van der Waals surface area (Å²) in [6, 6.07) is 15.2. The quantitative estimate of drug-likeness (QED) is 0.790. The molecule has 0 amide bonds. The number of rotatable bonds is 6. The number of halogens is 1. The van der Waals surface area contributed by atoms with E-state index in [1.54, 1.807) is 0 Å². The first-order chi connectivity index (χ1) is 10.1. The highest BCUT2D eigenvalue weighted by molar-refractivity contribution is 7.98.